The van der Waals surface area contributed by atoms with Crippen molar-refractivity contribution in [2.24, 2.45) is 0 Å². The Morgan fingerprint density at radius 1 is 1.10 bits per heavy atom. The number of hydrogen-bond acceptors (Lipinski definition) is 1. The largest absolute Gasteiger partial charge is 0.299 e. The lowest BCUT2D eigenvalue weighted by Crippen LogP contribution is -2.06. The van der Waals surface area contributed by atoms with E-state index in [1.165, 1.54) is 11.1 Å². The predicted octanol–water partition coefficient (Wildman–Crippen LogP) is 5.14. The van der Waals surface area contributed by atoms with Crippen molar-refractivity contribution in [3.05, 3.63) is 53.6 Å². The highest BCUT2D eigenvalue weighted by molar-refractivity contribution is 5.81. The van der Waals surface area contributed by atoms with Crippen LogP contribution in [0.15, 0.2) is 36.9 Å². The van der Waals surface area contributed by atoms with E-state index in [1.54, 1.807) is 0 Å². The zero-order valence-corrected chi connectivity index (χ0v) is 12.9. The van der Waals surface area contributed by atoms with E-state index >= 15 is 0 Å². The summed E-state index contributed by atoms with van der Waals surface area (Å²) in [6.45, 7) is 12.1. The van der Waals surface area contributed by atoms with Crippen molar-refractivity contribution in [1.82, 2.24) is 0 Å². The van der Waals surface area contributed by atoms with Gasteiger partial charge in [-0.3, -0.25) is 4.79 Å². The van der Waals surface area contributed by atoms with Crippen LogP contribution < -0.4 is 0 Å². The fourth-order valence-corrected chi connectivity index (χ4v) is 2.40. The number of allylic oxidation sites excluding steroid dienone is 1. The maximum absolute atomic E-state index is 11.9. The van der Waals surface area contributed by atoms with Crippen LogP contribution in [0.3, 0.4) is 0 Å². The summed E-state index contributed by atoms with van der Waals surface area (Å²) in [7, 11) is 0. The van der Waals surface area contributed by atoms with Crippen molar-refractivity contribution in [2.45, 2.75) is 52.4 Å². The molecule has 0 saturated heterocycles. The number of carbonyl (C=O) groups excluding carboxylic acids is 1. The van der Waals surface area contributed by atoms with Gasteiger partial charge in [-0.25, -0.2) is 0 Å². The van der Waals surface area contributed by atoms with Crippen molar-refractivity contribution in [3.63, 3.8) is 0 Å². The zero-order valence-electron chi connectivity index (χ0n) is 12.9. The molecule has 1 aromatic rings. The summed E-state index contributed by atoms with van der Waals surface area (Å²) in [5.74, 6) is 0.316. The average molecular weight is 270 g/mol. The number of Topliss-reactive ketones (excluding diaryl/α,β-unsaturated/α-hetero) is 1. The first-order chi connectivity index (χ1) is 9.60. The number of hydrogen-bond donors (Lipinski definition) is 0. The minimum Gasteiger partial charge on any atom is -0.299 e. The number of carbonyl (C=O) groups is 1. The van der Waals surface area contributed by atoms with Crippen LogP contribution in [0.5, 0.6) is 0 Å². The van der Waals surface area contributed by atoms with E-state index in [-0.39, 0.29) is 0 Å². The Morgan fingerprint density at radius 2 is 1.80 bits per heavy atom. The number of ketones is 1. The van der Waals surface area contributed by atoms with Gasteiger partial charge in [-0.2, -0.15) is 0 Å². The Hall–Kier alpha value is -1.63. The van der Waals surface area contributed by atoms with Gasteiger partial charge in [-0.15, -0.1) is 0 Å². The summed E-state index contributed by atoms with van der Waals surface area (Å²) >= 11 is 0. The summed E-state index contributed by atoms with van der Waals surface area (Å²) < 4.78 is 0. The van der Waals surface area contributed by atoms with E-state index in [4.69, 9.17) is 0 Å². The normalized spacial score (nSPS) is 10.3. The zero-order chi connectivity index (χ0) is 15.0. The van der Waals surface area contributed by atoms with Crippen molar-refractivity contribution in [2.75, 3.05) is 0 Å². The van der Waals surface area contributed by atoms with E-state index in [0.717, 1.165) is 36.8 Å². The van der Waals surface area contributed by atoms with Crippen molar-refractivity contribution >= 4 is 11.9 Å². The number of benzene rings is 1. The van der Waals surface area contributed by atoms with Crippen LogP contribution in [0.25, 0.3) is 6.08 Å². The van der Waals surface area contributed by atoms with Crippen molar-refractivity contribution in [3.8, 4) is 0 Å². The Balaban J connectivity index is 2.94. The molecular formula is C19H26O. The molecule has 0 saturated carbocycles. The molecule has 1 nitrogen and oxygen atoms in total. The highest BCUT2D eigenvalue weighted by Crippen LogP contribution is 2.19. The van der Waals surface area contributed by atoms with Crippen LogP contribution in [-0.4, -0.2) is 5.78 Å². The van der Waals surface area contributed by atoms with E-state index < -0.39 is 0 Å². The van der Waals surface area contributed by atoms with Crippen LogP contribution in [0.1, 0.15) is 56.2 Å². The van der Waals surface area contributed by atoms with E-state index in [9.17, 15) is 4.79 Å². The lowest BCUT2D eigenvalue weighted by Gasteiger charge is -2.12. The third kappa shape index (κ3) is 5.16. The molecule has 0 radical (unpaired) electrons. The van der Waals surface area contributed by atoms with Gasteiger partial charge in [-0.05, 0) is 36.0 Å². The van der Waals surface area contributed by atoms with Crippen molar-refractivity contribution < 1.29 is 4.79 Å². The lowest BCUT2D eigenvalue weighted by molar-refractivity contribution is -0.118. The Labute approximate surface area is 123 Å². The molecule has 0 aliphatic rings. The molecule has 0 aromatic heterocycles. The maximum atomic E-state index is 11.9. The topological polar surface area (TPSA) is 17.1 Å². The first-order valence-corrected chi connectivity index (χ1v) is 7.53. The van der Waals surface area contributed by atoms with Gasteiger partial charge in [0.05, 0.1) is 0 Å². The second kappa shape index (κ2) is 8.52. The molecule has 1 rings (SSSR count). The molecule has 0 spiro atoms. The molecular weight excluding hydrogens is 244 g/mol. The predicted molar refractivity (Wildman–Crippen MR) is 87.9 cm³/mol. The minimum absolute atomic E-state index is 0.316. The molecule has 0 fully saturated rings. The molecule has 0 unspecified atom stereocenters. The van der Waals surface area contributed by atoms with Crippen LogP contribution in [-0.2, 0) is 17.6 Å². The summed E-state index contributed by atoms with van der Waals surface area (Å²) in [6, 6.07) is 6.27. The van der Waals surface area contributed by atoms with Gasteiger partial charge in [-0.1, -0.05) is 63.3 Å². The van der Waals surface area contributed by atoms with Crippen LogP contribution in [0.2, 0.25) is 0 Å². The number of rotatable bonds is 9. The monoisotopic (exact) mass is 270 g/mol. The smallest absolute Gasteiger partial charge is 0.137 e. The van der Waals surface area contributed by atoms with Gasteiger partial charge in [0.25, 0.3) is 0 Å². The third-order valence-electron chi connectivity index (χ3n) is 3.43. The molecule has 20 heavy (non-hydrogen) atoms. The van der Waals surface area contributed by atoms with Gasteiger partial charge in [0.2, 0.25) is 0 Å². The standard InChI is InChI=1S/C19H26O/c1-5-8-15(4)12-17-11-10-16(7-3)13-18(17)14-19(20)9-6-2/h7,10-11,13H,3-6,8-9,12,14H2,1-2H3. The average Bonchev–Trinajstić information content (AvgIpc) is 2.41. The SMILES string of the molecule is C=Cc1ccc(CC(=C)CCC)c(CC(=O)CCC)c1. The highest BCUT2D eigenvalue weighted by Gasteiger charge is 2.09. The lowest BCUT2D eigenvalue weighted by atomic mass is 9.93. The fraction of sp³-hybridized carbons (Fsp3) is 0.421. The minimum atomic E-state index is 0.316. The van der Waals surface area contributed by atoms with Gasteiger partial charge in [0.1, 0.15) is 5.78 Å². The van der Waals surface area contributed by atoms with Crippen LogP contribution in [0.4, 0.5) is 0 Å². The molecule has 0 amide bonds. The quantitative estimate of drug-likeness (QED) is 0.568. The Kier molecular flexibility index (Phi) is 7.00. The molecule has 0 atom stereocenters. The van der Waals surface area contributed by atoms with Gasteiger partial charge >= 0.3 is 0 Å². The Morgan fingerprint density at radius 3 is 2.40 bits per heavy atom. The molecule has 0 bridgehead atoms. The van der Waals surface area contributed by atoms with Gasteiger partial charge < -0.3 is 0 Å². The molecule has 1 heteroatoms. The fourth-order valence-electron chi connectivity index (χ4n) is 2.40. The first-order valence-electron chi connectivity index (χ1n) is 7.53. The maximum Gasteiger partial charge on any atom is 0.137 e. The molecule has 0 N–H and O–H groups in total. The van der Waals surface area contributed by atoms with Crippen molar-refractivity contribution in [1.29, 1.82) is 0 Å². The second-order valence-electron chi connectivity index (χ2n) is 5.37. The van der Waals surface area contributed by atoms with Gasteiger partial charge in [0, 0.05) is 12.8 Å². The molecule has 0 heterocycles. The first kappa shape index (κ1) is 16.4. The summed E-state index contributed by atoms with van der Waals surface area (Å²) in [5.41, 5.74) is 4.69. The van der Waals surface area contributed by atoms with E-state index in [1.807, 2.05) is 13.0 Å². The molecule has 1 aromatic carbocycles. The molecule has 0 aliphatic heterocycles. The second-order valence-corrected chi connectivity index (χ2v) is 5.37. The van der Waals surface area contributed by atoms with E-state index in [2.05, 4.69) is 38.3 Å². The molecule has 108 valence electrons. The molecule has 0 aliphatic carbocycles. The summed E-state index contributed by atoms with van der Waals surface area (Å²) in [5, 5.41) is 0. The third-order valence-corrected chi connectivity index (χ3v) is 3.43. The Bertz CT molecular complexity index is 483. The van der Waals surface area contributed by atoms with Crippen LogP contribution in [0, 0.1) is 0 Å². The summed E-state index contributed by atoms with van der Waals surface area (Å²) in [6.07, 6.45) is 6.98. The van der Waals surface area contributed by atoms with Gasteiger partial charge in [0.15, 0.2) is 0 Å². The van der Waals surface area contributed by atoms with Crippen LogP contribution >= 0.6 is 0 Å². The summed E-state index contributed by atoms with van der Waals surface area (Å²) in [4.78, 5) is 11.9. The van der Waals surface area contributed by atoms with E-state index in [0.29, 0.717) is 18.6 Å². The highest BCUT2D eigenvalue weighted by atomic mass is 16.1.